The lowest BCUT2D eigenvalue weighted by Crippen LogP contribution is -2.49. The van der Waals surface area contributed by atoms with Crippen molar-refractivity contribution in [1.29, 1.82) is 0 Å². The highest BCUT2D eigenvalue weighted by Crippen LogP contribution is 2.19. The molecular formula is C44H55ClF2N4O4. The largest absolute Gasteiger partial charge is 0.489 e. The lowest BCUT2D eigenvalue weighted by molar-refractivity contribution is 0.0617. The minimum Gasteiger partial charge on any atom is -0.489 e. The molecule has 0 atom stereocenters. The topological polar surface area (TPSA) is 65.6 Å². The van der Waals surface area contributed by atoms with Crippen molar-refractivity contribution in [2.24, 2.45) is 11.8 Å². The maximum atomic E-state index is 12.9. The molecule has 0 radical (unpaired) electrons. The predicted octanol–water partition coefficient (Wildman–Crippen LogP) is 8.06. The molecule has 2 saturated heterocycles. The van der Waals surface area contributed by atoms with Crippen LogP contribution in [0.15, 0.2) is 97.1 Å². The number of carbonyl (C=O) groups is 2. The van der Waals surface area contributed by atoms with Crippen molar-refractivity contribution in [3.63, 3.8) is 0 Å². The number of benzene rings is 4. The zero-order valence-corrected chi connectivity index (χ0v) is 33.3. The first-order valence-electron chi connectivity index (χ1n) is 19.0. The Bertz CT molecular complexity index is 1610. The predicted molar refractivity (Wildman–Crippen MR) is 216 cm³/mol. The molecule has 2 amide bonds. The molecule has 11 heteroatoms. The fraction of sp³-hybridized carbons (Fsp3) is 0.409. The Morgan fingerprint density at radius 2 is 0.818 bits per heavy atom. The third-order valence-electron chi connectivity index (χ3n) is 9.41. The van der Waals surface area contributed by atoms with E-state index in [1.54, 1.807) is 24.3 Å². The van der Waals surface area contributed by atoms with Gasteiger partial charge < -0.3 is 19.3 Å². The molecule has 4 aromatic carbocycles. The molecule has 0 unspecified atom stereocenters. The zero-order chi connectivity index (χ0) is 38.5. The van der Waals surface area contributed by atoms with E-state index in [0.717, 1.165) is 76.6 Å². The van der Waals surface area contributed by atoms with Gasteiger partial charge in [0.15, 0.2) is 0 Å². The normalized spacial score (nSPS) is 14.9. The molecule has 0 aliphatic carbocycles. The molecule has 0 N–H and O–H groups in total. The Morgan fingerprint density at radius 1 is 0.509 bits per heavy atom. The molecule has 6 rings (SSSR count). The van der Waals surface area contributed by atoms with E-state index < -0.39 is 0 Å². The van der Waals surface area contributed by atoms with Gasteiger partial charge in [-0.2, -0.15) is 0 Å². The Balaban J connectivity index is 0.000000240. The first-order chi connectivity index (χ1) is 26.0. The SMILES string of the molecule is CC(C)CN1CCN(C(=O)c2ccc(OCc3ccc(F)cc3)cc2)CC1.CC(C)CN1CCN(C(=O)c2ccc(OCc3ccc(F)cc3)cc2)CC1.Cl. The quantitative estimate of drug-likeness (QED) is 0.145. The van der Waals surface area contributed by atoms with Crippen LogP contribution in [0.4, 0.5) is 8.78 Å². The van der Waals surface area contributed by atoms with Crippen molar-refractivity contribution in [3.05, 3.63) is 131 Å². The van der Waals surface area contributed by atoms with Gasteiger partial charge in [0.2, 0.25) is 0 Å². The highest BCUT2D eigenvalue weighted by atomic mass is 35.5. The molecule has 0 saturated carbocycles. The van der Waals surface area contributed by atoms with Crippen LogP contribution in [-0.4, -0.2) is 96.9 Å². The monoisotopic (exact) mass is 776 g/mol. The van der Waals surface area contributed by atoms with Gasteiger partial charge in [-0.25, -0.2) is 8.78 Å². The molecule has 8 nitrogen and oxygen atoms in total. The van der Waals surface area contributed by atoms with Crippen LogP contribution < -0.4 is 9.47 Å². The summed E-state index contributed by atoms with van der Waals surface area (Å²) in [5.74, 6) is 2.31. The third-order valence-corrected chi connectivity index (χ3v) is 9.41. The van der Waals surface area contributed by atoms with Crippen molar-refractivity contribution in [3.8, 4) is 11.5 Å². The standard InChI is InChI=1S/2C22H27FN2O2.ClH/c2*1-17(2)15-24-11-13-25(14-12-24)22(26)19-5-9-21(10-6-19)27-16-18-3-7-20(23)8-4-18;/h2*3-10,17H,11-16H2,1-2H3;1H. The summed E-state index contributed by atoms with van der Waals surface area (Å²) < 4.78 is 37.3. The second-order valence-corrected chi connectivity index (χ2v) is 14.9. The summed E-state index contributed by atoms with van der Waals surface area (Å²) in [5.41, 5.74) is 3.16. The Labute approximate surface area is 331 Å². The van der Waals surface area contributed by atoms with Crippen LogP contribution in [0.5, 0.6) is 11.5 Å². The number of ether oxygens (including phenoxy) is 2. The van der Waals surface area contributed by atoms with Crippen LogP contribution in [0, 0.1) is 23.5 Å². The lowest BCUT2D eigenvalue weighted by atomic mass is 10.1. The molecule has 55 heavy (non-hydrogen) atoms. The summed E-state index contributed by atoms with van der Waals surface area (Å²) in [4.78, 5) is 34.0. The van der Waals surface area contributed by atoms with E-state index in [4.69, 9.17) is 9.47 Å². The number of piperazine rings is 2. The number of carbonyl (C=O) groups excluding carboxylic acids is 2. The second-order valence-electron chi connectivity index (χ2n) is 14.9. The maximum Gasteiger partial charge on any atom is 0.253 e. The molecule has 2 fully saturated rings. The van der Waals surface area contributed by atoms with Gasteiger partial charge in [-0.1, -0.05) is 52.0 Å². The Hall–Kier alpha value is -4.51. The molecule has 4 aromatic rings. The zero-order valence-electron chi connectivity index (χ0n) is 32.5. The molecule has 0 bridgehead atoms. The number of hydrogen-bond donors (Lipinski definition) is 0. The summed E-state index contributed by atoms with van der Waals surface area (Å²) in [5, 5.41) is 0. The van der Waals surface area contributed by atoms with Gasteiger partial charge in [-0.15, -0.1) is 12.4 Å². The fourth-order valence-electron chi connectivity index (χ4n) is 6.55. The lowest BCUT2D eigenvalue weighted by Gasteiger charge is -2.35. The molecule has 2 aliphatic rings. The van der Waals surface area contributed by atoms with E-state index >= 15 is 0 Å². The van der Waals surface area contributed by atoms with E-state index in [1.165, 1.54) is 24.3 Å². The van der Waals surface area contributed by atoms with Crippen molar-refractivity contribution in [1.82, 2.24) is 19.6 Å². The average molecular weight is 777 g/mol. The molecular weight excluding hydrogens is 722 g/mol. The fourth-order valence-corrected chi connectivity index (χ4v) is 6.55. The first-order valence-corrected chi connectivity index (χ1v) is 19.0. The number of nitrogens with zero attached hydrogens (tertiary/aromatic N) is 4. The number of amides is 2. The van der Waals surface area contributed by atoms with Gasteiger partial charge in [0.05, 0.1) is 0 Å². The van der Waals surface area contributed by atoms with E-state index in [2.05, 4.69) is 37.5 Å². The number of hydrogen-bond acceptors (Lipinski definition) is 6. The smallest absolute Gasteiger partial charge is 0.253 e. The van der Waals surface area contributed by atoms with Crippen LogP contribution >= 0.6 is 12.4 Å². The average Bonchev–Trinajstić information content (AvgIpc) is 3.18. The second kappa shape index (κ2) is 21.5. The minimum absolute atomic E-state index is 0. The maximum absolute atomic E-state index is 12.9. The van der Waals surface area contributed by atoms with Crippen LogP contribution in [0.2, 0.25) is 0 Å². The summed E-state index contributed by atoms with van der Waals surface area (Å²) in [6, 6.07) is 27.0. The van der Waals surface area contributed by atoms with Crippen LogP contribution in [0.25, 0.3) is 0 Å². The molecule has 2 aliphatic heterocycles. The number of halogens is 3. The van der Waals surface area contributed by atoms with Crippen molar-refractivity contribution in [2.45, 2.75) is 40.9 Å². The van der Waals surface area contributed by atoms with Crippen LogP contribution in [0.3, 0.4) is 0 Å². The van der Waals surface area contributed by atoms with Crippen molar-refractivity contribution >= 4 is 24.2 Å². The van der Waals surface area contributed by atoms with Gasteiger partial charge >= 0.3 is 0 Å². The molecule has 0 spiro atoms. The van der Waals surface area contributed by atoms with Gasteiger partial charge in [0.1, 0.15) is 36.3 Å². The van der Waals surface area contributed by atoms with Crippen molar-refractivity contribution in [2.75, 3.05) is 65.4 Å². The minimum atomic E-state index is -0.258. The van der Waals surface area contributed by atoms with Gasteiger partial charge in [0, 0.05) is 76.6 Å². The first kappa shape index (κ1) is 43.2. The Kier molecular flexibility index (Phi) is 16.9. The molecule has 2 heterocycles. The van der Waals surface area contributed by atoms with E-state index in [-0.39, 0.29) is 35.9 Å². The highest BCUT2D eigenvalue weighted by molar-refractivity contribution is 5.95. The van der Waals surface area contributed by atoms with Crippen LogP contribution in [0.1, 0.15) is 59.5 Å². The Morgan fingerprint density at radius 3 is 1.11 bits per heavy atom. The number of rotatable bonds is 12. The summed E-state index contributed by atoms with van der Waals surface area (Å²) >= 11 is 0. The summed E-state index contributed by atoms with van der Waals surface area (Å²) in [7, 11) is 0. The van der Waals surface area contributed by atoms with E-state index in [0.29, 0.717) is 47.7 Å². The summed E-state index contributed by atoms with van der Waals surface area (Å²) in [6.45, 7) is 18.6. The van der Waals surface area contributed by atoms with E-state index in [1.807, 2.05) is 58.3 Å². The molecule has 0 aromatic heterocycles. The van der Waals surface area contributed by atoms with E-state index in [9.17, 15) is 18.4 Å². The van der Waals surface area contributed by atoms with Gasteiger partial charge in [-0.05, 0) is 95.8 Å². The van der Waals surface area contributed by atoms with Gasteiger partial charge in [-0.3, -0.25) is 19.4 Å². The highest BCUT2D eigenvalue weighted by Gasteiger charge is 2.23. The molecule has 296 valence electrons. The van der Waals surface area contributed by atoms with Crippen LogP contribution in [-0.2, 0) is 13.2 Å². The third kappa shape index (κ3) is 13.9. The summed E-state index contributed by atoms with van der Waals surface area (Å²) in [6.07, 6.45) is 0. The van der Waals surface area contributed by atoms with Gasteiger partial charge in [0.25, 0.3) is 11.8 Å². The van der Waals surface area contributed by atoms with Crippen molar-refractivity contribution < 1.29 is 27.8 Å².